The summed E-state index contributed by atoms with van der Waals surface area (Å²) < 4.78 is 24.8. The van der Waals surface area contributed by atoms with Crippen LogP contribution in [0.4, 0.5) is 0 Å². The topological polar surface area (TPSA) is 61.2 Å². The minimum Gasteiger partial charge on any atom is -0.212 e. The van der Waals surface area contributed by atoms with Gasteiger partial charge in [-0.15, -0.1) is 0 Å². The SMILES string of the molecule is CCCCS(=O)(=O)N1CCCC1C#N. The highest BCUT2D eigenvalue weighted by Gasteiger charge is 2.33. The van der Waals surface area contributed by atoms with E-state index in [0.717, 1.165) is 12.8 Å². The molecule has 0 radical (unpaired) electrons. The fraction of sp³-hybridized carbons (Fsp3) is 0.889. The van der Waals surface area contributed by atoms with Crippen LogP contribution in [0.15, 0.2) is 0 Å². The van der Waals surface area contributed by atoms with Crippen LogP contribution in [-0.2, 0) is 10.0 Å². The van der Waals surface area contributed by atoms with Gasteiger partial charge in [-0.1, -0.05) is 13.3 Å². The molecule has 4 nitrogen and oxygen atoms in total. The first-order valence-electron chi connectivity index (χ1n) is 5.01. The van der Waals surface area contributed by atoms with E-state index in [4.69, 9.17) is 5.26 Å². The quantitative estimate of drug-likeness (QED) is 0.707. The average Bonchev–Trinajstić information content (AvgIpc) is 2.63. The van der Waals surface area contributed by atoms with Crippen molar-refractivity contribution in [3.8, 4) is 6.07 Å². The number of rotatable bonds is 4. The molecule has 0 saturated carbocycles. The van der Waals surface area contributed by atoms with Crippen molar-refractivity contribution < 1.29 is 8.42 Å². The molecule has 0 aromatic heterocycles. The molecule has 1 heterocycles. The normalized spacial score (nSPS) is 23.6. The number of sulfonamides is 1. The van der Waals surface area contributed by atoms with E-state index in [1.807, 2.05) is 13.0 Å². The lowest BCUT2D eigenvalue weighted by molar-refractivity contribution is 0.436. The maximum atomic E-state index is 11.7. The molecule has 0 aliphatic carbocycles. The maximum Gasteiger partial charge on any atom is 0.215 e. The Morgan fingerprint density at radius 1 is 1.57 bits per heavy atom. The van der Waals surface area contributed by atoms with Crippen molar-refractivity contribution in [1.82, 2.24) is 4.31 Å². The Bertz CT molecular complexity index is 318. The molecule has 1 aliphatic heterocycles. The van der Waals surface area contributed by atoms with Crippen molar-refractivity contribution >= 4 is 10.0 Å². The lowest BCUT2D eigenvalue weighted by atomic mass is 10.2. The molecule has 1 unspecified atom stereocenters. The molecule has 1 rings (SSSR count). The molecule has 1 saturated heterocycles. The number of hydrogen-bond acceptors (Lipinski definition) is 3. The van der Waals surface area contributed by atoms with Crippen molar-refractivity contribution in [2.24, 2.45) is 0 Å². The Kier molecular flexibility index (Phi) is 3.90. The first-order chi connectivity index (χ1) is 6.61. The number of nitriles is 1. The van der Waals surface area contributed by atoms with Gasteiger partial charge in [0.15, 0.2) is 0 Å². The van der Waals surface area contributed by atoms with Gasteiger partial charge >= 0.3 is 0 Å². The lowest BCUT2D eigenvalue weighted by Crippen LogP contribution is -2.36. The third kappa shape index (κ3) is 2.46. The molecule has 1 aliphatic rings. The Balaban J connectivity index is 2.68. The maximum absolute atomic E-state index is 11.7. The molecule has 5 heteroatoms. The molecular weight excluding hydrogens is 200 g/mol. The molecule has 1 fully saturated rings. The second-order valence-corrected chi connectivity index (χ2v) is 5.61. The Morgan fingerprint density at radius 3 is 2.86 bits per heavy atom. The zero-order chi connectivity index (χ0) is 10.6. The van der Waals surface area contributed by atoms with Gasteiger partial charge in [-0.3, -0.25) is 0 Å². The summed E-state index contributed by atoms with van der Waals surface area (Å²) in [5.41, 5.74) is 0. The van der Waals surface area contributed by atoms with Gasteiger partial charge < -0.3 is 0 Å². The van der Waals surface area contributed by atoms with E-state index in [9.17, 15) is 8.42 Å². The van der Waals surface area contributed by atoms with Crippen molar-refractivity contribution in [3.63, 3.8) is 0 Å². The summed E-state index contributed by atoms with van der Waals surface area (Å²) in [6.45, 7) is 2.48. The van der Waals surface area contributed by atoms with Crippen molar-refractivity contribution in [1.29, 1.82) is 5.26 Å². The molecule has 0 N–H and O–H groups in total. The van der Waals surface area contributed by atoms with Gasteiger partial charge in [0.05, 0.1) is 11.8 Å². The zero-order valence-corrected chi connectivity index (χ0v) is 9.26. The molecular formula is C9H16N2O2S. The minimum absolute atomic E-state index is 0.182. The zero-order valence-electron chi connectivity index (χ0n) is 8.44. The van der Waals surface area contributed by atoms with Crippen molar-refractivity contribution in [2.75, 3.05) is 12.3 Å². The van der Waals surface area contributed by atoms with E-state index in [1.165, 1.54) is 4.31 Å². The van der Waals surface area contributed by atoms with E-state index >= 15 is 0 Å². The van der Waals surface area contributed by atoms with E-state index in [1.54, 1.807) is 0 Å². The van der Waals surface area contributed by atoms with Crippen LogP contribution >= 0.6 is 0 Å². The first kappa shape index (κ1) is 11.5. The van der Waals surface area contributed by atoms with Gasteiger partial charge in [-0.2, -0.15) is 9.57 Å². The fourth-order valence-electron chi connectivity index (χ4n) is 1.65. The van der Waals surface area contributed by atoms with Crippen LogP contribution in [0.1, 0.15) is 32.6 Å². The molecule has 1 atom stereocenters. The van der Waals surface area contributed by atoms with E-state index in [-0.39, 0.29) is 5.75 Å². The van der Waals surface area contributed by atoms with Gasteiger partial charge in [-0.25, -0.2) is 8.42 Å². The van der Waals surface area contributed by atoms with Gasteiger partial charge in [0, 0.05) is 6.54 Å². The largest absolute Gasteiger partial charge is 0.215 e. The summed E-state index contributed by atoms with van der Waals surface area (Å²) in [4.78, 5) is 0. The van der Waals surface area contributed by atoms with E-state index in [0.29, 0.717) is 19.4 Å². The van der Waals surface area contributed by atoms with Crippen LogP contribution in [-0.4, -0.2) is 31.1 Å². The van der Waals surface area contributed by atoms with Gasteiger partial charge in [0.1, 0.15) is 6.04 Å². The minimum atomic E-state index is -3.17. The predicted molar refractivity (Wildman–Crippen MR) is 54.0 cm³/mol. The van der Waals surface area contributed by atoms with Crippen molar-refractivity contribution in [3.05, 3.63) is 0 Å². The number of nitrogens with zero attached hydrogens (tertiary/aromatic N) is 2. The van der Waals surface area contributed by atoms with E-state index in [2.05, 4.69) is 0 Å². The summed E-state index contributed by atoms with van der Waals surface area (Å²) in [6.07, 6.45) is 3.03. The molecule has 80 valence electrons. The third-order valence-electron chi connectivity index (χ3n) is 2.47. The Morgan fingerprint density at radius 2 is 2.29 bits per heavy atom. The highest BCUT2D eigenvalue weighted by Crippen LogP contribution is 2.21. The fourth-order valence-corrected chi connectivity index (χ4v) is 3.48. The first-order valence-corrected chi connectivity index (χ1v) is 6.62. The Hall–Kier alpha value is -0.600. The molecule has 0 bridgehead atoms. The molecule has 0 amide bonds. The number of hydrogen-bond donors (Lipinski definition) is 0. The molecule has 0 spiro atoms. The summed E-state index contributed by atoms with van der Waals surface area (Å²) in [5.74, 6) is 0.182. The monoisotopic (exact) mass is 216 g/mol. The van der Waals surface area contributed by atoms with Crippen LogP contribution in [0.5, 0.6) is 0 Å². The highest BCUT2D eigenvalue weighted by molar-refractivity contribution is 7.89. The number of unbranched alkanes of at least 4 members (excludes halogenated alkanes) is 1. The second kappa shape index (κ2) is 4.76. The Labute approximate surface area is 85.6 Å². The van der Waals surface area contributed by atoms with Crippen LogP contribution in [0.3, 0.4) is 0 Å². The van der Waals surface area contributed by atoms with Crippen LogP contribution in [0.2, 0.25) is 0 Å². The lowest BCUT2D eigenvalue weighted by Gasteiger charge is -2.18. The van der Waals surface area contributed by atoms with Crippen LogP contribution in [0.25, 0.3) is 0 Å². The van der Waals surface area contributed by atoms with Gasteiger partial charge in [-0.05, 0) is 19.3 Å². The van der Waals surface area contributed by atoms with Gasteiger partial charge in [0.2, 0.25) is 10.0 Å². The smallest absolute Gasteiger partial charge is 0.212 e. The van der Waals surface area contributed by atoms with Crippen LogP contribution < -0.4 is 0 Å². The molecule has 0 aromatic rings. The van der Waals surface area contributed by atoms with Gasteiger partial charge in [0.25, 0.3) is 0 Å². The molecule has 0 aromatic carbocycles. The second-order valence-electron chi connectivity index (χ2n) is 3.57. The molecule has 14 heavy (non-hydrogen) atoms. The highest BCUT2D eigenvalue weighted by atomic mass is 32.2. The van der Waals surface area contributed by atoms with E-state index < -0.39 is 16.1 Å². The predicted octanol–water partition coefficient (Wildman–Crippen LogP) is 1.10. The summed E-state index contributed by atoms with van der Waals surface area (Å²) >= 11 is 0. The third-order valence-corrected chi connectivity index (χ3v) is 4.42. The van der Waals surface area contributed by atoms with Crippen molar-refractivity contribution in [2.45, 2.75) is 38.6 Å². The summed E-state index contributed by atoms with van der Waals surface area (Å²) in [5, 5.41) is 8.77. The van der Waals surface area contributed by atoms with Crippen LogP contribution in [0, 0.1) is 11.3 Å². The standard InChI is InChI=1S/C9H16N2O2S/c1-2-3-7-14(12,13)11-6-4-5-9(11)8-10/h9H,2-7H2,1H3. The summed E-state index contributed by atoms with van der Waals surface area (Å²) in [7, 11) is -3.17. The summed E-state index contributed by atoms with van der Waals surface area (Å²) in [6, 6.07) is 1.62. The average molecular weight is 216 g/mol.